The van der Waals surface area contributed by atoms with Crippen LogP contribution in [0, 0.1) is 20.8 Å². The normalized spacial score (nSPS) is 10.4. The summed E-state index contributed by atoms with van der Waals surface area (Å²) in [6.45, 7) is 6.54. The first kappa shape index (κ1) is 16.9. The van der Waals surface area contributed by atoms with E-state index in [2.05, 4.69) is 24.4 Å². The SMILES string of the molecule is Cc1cc(C)c(NC(=O)CCCOc2ccccc2N)c(C)c1. The fourth-order valence-corrected chi connectivity index (χ4v) is 2.61. The van der Waals surface area contributed by atoms with Crippen LogP contribution >= 0.6 is 0 Å². The monoisotopic (exact) mass is 312 g/mol. The van der Waals surface area contributed by atoms with E-state index in [4.69, 9.17) is 10.5 Å². The van der Waals surface area contributed by atoms with Crippen LogP contribution in [0.3, 0.4) is 0 Å². The Kier molecular flexibility index (Phi) is 5.63. The van der Waals surface area contributed by atoms with E-state index in [1.807, 2.05) is 32.0 Å². The fourth-order valence-electron chi connectivity index (χ4n) is 2.61. The number of anilines is 2. The molecular weight excluding hydrogens is 288 g/mol. The summed E-state index contributed by atoms with van der Waals surface area (Å²) in [5.74, 6) is 0.669. The highest BCUT2D eigenvalue weighted by Gasteiger charge is 2.08. The van der Waals surface area contributed by atoms with Gasteiger partial charge in [0.05, 0.1) is 12.3 Å². The number of ether oxygens (including phenoxy) is 1. The number of carbonyl (C=O) groups is 1. The van der Waals surface area contributed by atoms with Crippen LogP contribution in [-0.4, -0.2) is 12.5 Å². The molecular formula is C19H24N2O2. The van der Waals surface area contributed by atoms with Crippen molar-refractivity contribution in [2.24, 2.45) is 0 Å². The van der Waals surface area contributed by atoms with Crippen LogP contribution < -0.4 is 15.8 Å². The number of aryl methyl sites for hydroxylation is 3. The van der Waals surface area contributed by atoms with Crippen LogP contribution in [0.15, 0.2) is 36.4 Å². The third kappa shape index (κ3) is 4.74. The molecule has 0 aliphatic heterocycles. The maximum Gasteiger partial charge on any atom is 0.224 e. The smallest absolute Gasteiger partial charge is 0.224 e. The molecule has 23 heavy (non-hydrogen) atoms. The largest absolute Gasteiger partial charge is 0.491 e. The standard InChI is InChI=1S/C19H24N2O2/c1-13-11-14(2)19(15(3)12-13)21-18(22)9-6-10-23-17-8-5-4-7-16(17)20/h4-5,7-8,11-12H,6,9-10,20H2,1-3H3,(H,21,22). The van der Waals surface area contributed by atoms with Gasteiger partial charge in [0.2, 0.25) is 5.91 Å². The number of carbonyl (C=O) groups excluding carboxylic acids is 1. The molecule has 0 saturated carbocycles. The van der Waals surface area contributed by atoms with Crippen molar-refractivity contribution in [2.45, 2.75) is 33.6 Å². The maximum absolute atomic E-state index is 12.1. The first-order valence-electron chi connectivity index (χ1n) is 7.82. The molecule has 1 amide bonds. The zero-order valence-electron chi connectivity index (χ0n) is 14.0. The number of hydrogen-bond donors (Lipinski definition) is 2. The highest BCUT2D eigenvalue weighted by atomic mass is 16.5. The van der Waals surface area contributed by atoms with E-state index in [9.17, 15) is 4.79 Å². The van der Waals surface area contributed by atoms with E-state index in [0.29, 0.717) is 30.9 Å². The van der Waals surface area contributed by atoms with Gasteiger partial charge in [-0.15, -0.1) is 0 Å². The van der Waals surface area contributed by atoms with Crippen molar-refractivity contribution in [3.8, 4) is 5.75 Å². The summed E-state index contributed by atoms with van der Waals surface area (Å²) in [5, 5.41) is 3.00. The lowest BCUT2D eigenvalue weighted by Crippen LogP contribution is -2.14. The highest BCUT2D eigenvalue weighted by molar-refractivity contribution is 5.92. The van der Waals surface area contributed by atoms with Gasteiger partial charge in [-0.05, 0) is 50.5 Å². The van der Waals surface area contributed by atoms with Gasteiger partial charge in [-0.3, -0.25) is 4.79 Å². The molecule has 2 rings (SSSR count). The molecule has 0 unspecified atom stereocenters. The molecule has 0 aromatic heterocycles. The molecule has 2 aromatic rings. The van der Waals surface area contributed by atoms with Crippen molar-refractivity contribution < 1.29 is 9.53 Å². The minimum atomic E-state index is 0.00434. The van der Waals surface area contributed by atoms with Gasteiger partial charge in [0.25, 0.3) is 0 Å². The number of para-hydroxylation sites is 2. The second kappa shape index (κ2) is 7.68. The van der Waals surface area contributed by atoms with E-state index < -0.39 is 0 Å². The van der Waals surface area contributed by atoms with Gasteiger partial charge >= 0.3 is 0 Å². The molecule has 4 heteroatoms. The van der Waals surface area contributed by atoms with Gasteiger partial charge in [0.1, 0.15) is 5.75 Å². The first-order valence-corrected chi connectivity index (χ1v) is 7.82. The molecule has 2 aromatic carbocycles. The molecule has 0 aliphatic carbocycles. The summed E-state index contributed by atoms with van der Waals surface area (Å²) >= 11 is 0. The van der Waals surface area contributed by atoms with Crippen molar-refractivity contribution in [2.75, 3.05) is 17.7 Å². The number of nitrogen functional groups attached to an aromatic ring is 1. The predicted molar refractivity (Wildman–Crippen MR) is 94.9 cm³/mol. The molecule has 0 fully saturated rings. The summed E-state index contributed by atoms with van der Waals surface area (Å²) in [6.07, 6.45) is 1.06. The lowest BCUT2D eigenvalue weighted by molar-refractivity contribution is -0.116. The van der Waals surface area contributed by atoms with Gasteiger partial charge in [0.15, 0.2) is 0 Å². The van der Waals surface area contributed by atoms with Gasteiger partial charge in [-0.1, -0.05) is 29.8 Å². The number of nitrogens with two attached hydrogens (primary N) is 1. The topological polar surface area (TPSA) is 64.3 Å². The Balaban J connectivity index is 1.81. The fraction of sp³-hybridized carbons (Fsp3) is 0.316. The molecule has 0 atom stereocenters. The Labute approximate surface area is 137 Å². The van der Waals surface area contributed by atoms with E-state index >= 15 is 0 Å². The Morgan fingerprint density at radius 3 is 2.43 bits per heavy atom. The zero-order valence-corrected chi connectivity index (χ0v) is 14.0. The summed E-state index contributed by atoms with van der Waals surface area (Å²) in [6, 6.07) is 11.5. The van der Waals surface area contributed by atoms with Crippen LogP contribution in [0.4, 0.5) is 11.4 Å². The van der Waals surface area contributed by atoms with E-state index in [1.165, 1.54) is 5.56 Å². The number of hydrogen-bond acceptors (Lipinski definition) is 3. The lowest BCUT2D eigenvalue weighted by Gasteiger charge is -2.13. The van der Waals surface area contributed by atoms with Crippen LogP contribution in [0.25, 0.3) is 0 Å². The number of nitrogens with one attached hydrogen (secondary N) is 1. The second-order valence-corrected chi connectivity index (χ2v) is 5.81. The van der Waals surface area contributed by atoms with Crippen LogP contribution in [-0.2, 0) is 4.79 Å². The zero-order chi connectivity index (χ0) is 16.8. The Morgan fingerprint density at radius 2 is 1.78 bits per heavy atom. The highest BCUT2D eigenvalue weighted by Crippen LogP contribution is 2.22. The quantitative estimate of drug-likeness (QED) is 0.626. The molecule has 0 bridgehead atoms. The molecule has 0 aliphatic rings. The number of rotatable bonds is 6. The van der Waals surface area contributed by atoms with Gasteiger partial charge in [0, 0.05) is 12.1 Å². The molecule has 3 N–H and O–H groups in total. The average molecular weight is 312 g/mol. The Bertz CT molecular complexity index is 673. The predicted octanol–water partition coefficient (Wildman–Crippen LogP) is 3.99. The van der Waals surface area contributed by atoms with E-state index in [0.717, 1.165) is 16.8 Å². The Morgan fingerprint density at radius 1 is 1.13 bits per heavy atom. The van der Waals surface area contributed by atoms with Crippen molar-refractivity contribution in [1.29, 1.82) is 0 Å². The van der Waals surface area contributed by atoms with Crippen molar-refractivity contribution in [3.63, 3.8) is 0 Å². The van der Waals surface area contributed by atoms with Crippen LogP contribution in [0.1, 0.15) is 29.5 Å². The van der Waals surface area contributed by atoms with Crippen molar-refractivity contribution >= 4 is 17.3 Å². The summed E-state index contributed by atoms with van der Waals surface area (Å²) in [7, 11) is 0. The first-order chi connectivity index (χ1) is 11.0. The minimum Gasteiger partial charge on any atom is -0.491 e. The maximum atomic E-state index is 12.1. The molecule has 122 valence electrons. The van der Waals surface area contributed by atoms with E-state index in [-0.39, 0.29) is 5.91 Å². The molecule has 0 saturated heterocycles. The van der Waals surface area contributed by atoms with Gasteiger partial charge in [-0.2, -0.15) is 0 Å². The van der Waals surface area contributed by atoms with E-state index in [1.54, 1.807) is 6.07 Å². The lowest BCUT2D eigenvalue weighted by atomic mass is 10.0. The van der Waals surface area contributed by atoms with Gasteiger partial charge < -0.3 is 15.8 Å². The third-order valence-corrected chi connectivity index (χ3v) is 3.67. The van der Waals surface area contributed by atoms with Crippen LogP contribution in [0.5, 0.6) is 5.75 Å². The molecule has 0 radical (unpaired) electrons. The summed E-state index contributed by atoms with van der Waals surface area (Å²) in [4.78, 5) is 12.1. The van der Waals surface area contributed by atoms with Gasteiger partial charge in [-0.25, -0.2) is 0 Å². The summed E-state index contributed by atoms with van der Waals surface area (Å²) in [5.41, 5.74) is 10.7. The third-order valence-electron chi connectivity index (χ3n) is 3.67. The second-order valence-electron chi connectivity index (χ2n) is 5.81. The Hall–Kier alpha value is -2.49. The van der Waals surface area contributed by atoms with Crippen LogP contribution in [0.2, 0.25) is 0 Å². The molecule has 0 spiro atoms. The number of amides is 1. The molecule has 0 heterocycles. The average Bonchev–Trinajstić information content (AvgIpc) is 2.49. The summed E-state index contributed by atoms with van der Waals surface area (Å²) < 4.78 is 5.60. The van der Waals surface area contributed by atoms with Crippen molar-refractivity contribution in [1.82, 2.24) is 0 Å². The van der Waals surface area contributed by atoms with Crippen molar-refractivity contribution in [3.05, 3.63) is 53.1 Å². The molecule has 4 nitrogen and oxygen atoms in total. The minimum absolute atomic E-state index is 0.00434. The number of benzene rings is 2.